The maximum Gasteiger partial charge on any atom is 0.355 e. The maximum absolute atomic E-state index is 11.9. The van der Waals surface area contributed by atoms with Crippen LogP contribution in [0.4, 0.5) is 5.95 Å². The molecule has 6 nitrogen and oxygen atoms in total. The van der Waals surface area contributed by atoms with Gasteiger partial charge in [0.25, 0.3) is 0 Å². The van der Waals surface area contributed by atoms with Crippen molar-refractivity contribution in [1.29, 1.82) is 0 Å². The molecule has 1 aliphatic carbocycles. The van der Waals surface area contributed by atoms with E-state index in [-0.39, 0.29) is 11.7 Å². The second-order valence-corrected chi connectivity index (χ2v) is 4.70. The lowest BCUT2D eigenvalue weighted by atomic mass is 9.95. The third-order valence-corrected chi connectivity index (χ3v) is 3.21. The van der Waals surface area contributed by atoms with E-state index in [0.29, 0.717) is 5.95 Å². The molecule has 1 aliphatic rings. The Morgan fingerprint density at radius 3 is 2.47 bits per heavy atom. The van der Waals surface area contributed by atoms with E-state index in [4.69, 9.17) is 0 Å². The third-order valence-electron chi connectivity index (χ3n) is 3.21. The number of hydrogen-bond acceptors (Lipinski definition) is 4. The van der Waals surface area contributed by atoms with Crippen LogP contribution in [0, 0.1) is 0 Å². The highest BCUT2D eigenvalue weighted by Crippen LogP contribution is 2.25. The molecule has 1 fully saturated rings. The summed E-state index contributed by atoms with van der Waals surface area (Å²) < 4.78 is 1.27. The van der Waals surface area contributed by atoms with Crippen LogP contribution in [0.25, 0.3) is 0 Å². The second-order valence-electron chi connectivity index (χ2n) is 4.70. The minimum absolute atomic E-state index is 0.0173. The van der Waals surface area contributed by atoms with Crippen molar-refractivity contribution in [3.8, 4) is 0 Å². The number of rotatable bonds is 2. The molecule has 0 aliphatic heterocycles. The normalized spacial score (nSPS) is 17.1. The average molecular weight is 240 g/mol. The molecular weight excluding hydrogens is 222 g/mol. The SMILES string of the molecule is CN(C)[14c]1nc(=O)n(C2CCCCC2)c(=O)[nH]1. The lowest BCUT2D eigenvalue weighted by molar-refractivity contribution is 0.332. The number of aromatic amines is 1. The van der Waals surface area contributed by atoms with Crippen molar-refractivity contribution in [2.45, 2.75) is 38.1 Å². The van der Waals surface area contributed by atoms with Gasteiger partial charge in [-0.25, -0.2) is 14.2 Å². The molecule has 1 aromatic heterocycles. The lowest BCUT2D eigenvalue weighted by Gasteiger charge is -2.22. The van der Waals surface area contributed by atoms with Crippen molar-refractivity contribution in [1.82, 2.24) is 14.5 Å². The van der Waals surface area contributed by atoms with Gasteiger partial charge >= 0.3 is 11.4 Å². The van der Waals surface area contributed by atoms with Crippen LogP contribution in [0.2, 0.25) is 0 Å². The average Bonchev–Trinajstić information content (AvgIpc) is 2.29. The van der Waals surface area contributed by atoms with Crippen LogP contribution >= 0.6 is 0 Å². The number of anilines is 1. The van der Waals surface area contributed by atoms with Gasteiger partial charge in [-0.2, -0.15) is 4.98 Å². The smallest absolute Gasteiger partial charge is 0.348 e. The lowest BCUT2D eigenvalue weighted by Crippen LogP contribution is -2.41. The molecule has 94 valence electrons. The van der Waals surface area contributed by atoms with E-state index in [0.717, 1.165) is 25.7 Å². The van der Waals surface area contributed by atoms with Gasteiger partial charge in [0, 0.05) is 20.1 Å². The predicted octanol–water partition coefficient (Wildman–Crippen LogP) is 0.503. The largest absolute Gasteiger partial charge is 0.355 e. The molecule has 1 saturated carbocycles. The minimum Gasteiger partial charge on any atom is -0.348 e. The van der Waals surface area contributed by atoms with E-state index in [2.05, 4.69) is 9.97 Å². The molecule has 0 aromatic carbocycles. The number of hydrogen-bond donors (Lipinski definition) is 1. The third kappa shape index (κ3) is 2.40. The van der Waals surface area contributed by atoms with Crippen LogP contribution in [-0.2, 0) is 0 Å². The fraction of sp³-hybridized carbons (Fsp3) is 0.727. The molecule has 0 radical (unpaired) electrons. The molecule has 0 spiro atoms. The molecule has 0 saturated heterocycles. The summed E-state index contributed by atoms with van der Waals surface area (Å²) in [5.41, 5.74) is -0.787. The van der Waals surface area contributed by atoms with Crippen molar-refractivity contribution in [3.63, 3.8) is 0 Å². The van der Waals surface area contributed by atoms with Crippen LogP contribution in [0.5, 0.6) is 0 Å². The Bertz CT molecular complexity index is 466. The van der Waals surface area contributed by atoms with E-state index in [9.17, 15) is 9.59 Å². The van der Waals surface area contributed by atoms with Gasteiger partial charge < -0.3 is 4.90 Å². The number of nitrogens with zero attached hydrogens (tertiary/aromatic N) is 3. The summed E-state index contributed by atoms with van der Waals surface area (Å²) in [5, 5.41) is 0. The summed E-state index contributed by atoms with van der Waals surface area (Å²) in [7, 11) is 3.48. The zero-order valence-electron chi connectivity index (χ0n) is 10.3. The number of nitrogens with one attached hydrogen (secondary N) is 1. The zero-order chi connectivity index (χ0) is 12.4. The molecule has 17 heavy (non-hydrogen) atoms. The summed E-state index contributed by atoms with van der Waals surface area (Å²) in [6.07, 6.45) is 5.13. The Balaban J connectivity index is 2.41. The molecule has 2 rings (SSSR count). The van der Waals surface area contributed by atoms with Gasteiger partial charge in [0.2, 0.25) is 5.95 Å². The summed E-state index contributed by atoms with van der Waals surface area (Å²) in [6.45, 7) is 0. The van der Waals surface area contributed by atoms with Crippen LogP contribution < -0.4 is 16.3 Å². The molecule has 0 bridgehead atoms. The molecule has 6 heteroatoms. The van der Waals surface area contributed by atoms with E-state index in [1.165, 1.54) is 11.0 Å². The van der Waals surface area contributed by atoms with E-state index < -0.39 is 5.69 Å². The first-order valence-electron chi connectivity index (χ1n) is 6.00. The first-order chi connectivity index (χ1) is 8.09. The topological polar surface area (TPSA) is 71.0 Å². The predicted molar refractivity (Wildman–Crippen MR) is 65.6 cm³/mol. The van der Waals surface area contributed by atoms with Crippen LogP contribution in [0.3, 0.4) is 0 Å². The Kier molecular flexibility index (Phi) is 3.31. The summed E-state index contributed by atoms with van der Waals surface area (Å²) >= 11 is 0. The molecule has 1 aromatic rings. The molecular formula is C11H18N4O2. The van der Waals surface area contributed by atoms with Gasteiger partial charge in [-0.15, -0.1) is 0 Å². The Labute approximate surface area is 99.3 Å². The van der Waals surface area contributed by atoms with Gasteiger partial charge in [-0.05, 0) is 12.8 Å². The first kappa shape index (κ1) is 11.9. The monoisotopic (exact) mass is 240 g/mol. The van der Waals surface area contributed by atoms with Crippen molar-refractivity contribution in [2.75, 3.05) is 19.0 Å². The van der Waals surface area contributed by atoms with E-state index in [1.54, 1.807) is 19.0 Å². The number of H-pyrrole nitrogens is 1. The van der Waals surface area contributed by atoms with Crippen molar-refractivity contribution in [2.24, 2.45) is 0 Å². The minimum atomic E-state index is -0.440. The van der Waals surface area contributed by atoms with Crippen LogP contribution in [0.15, 0.2) is 9.59 Å². The van der Waals surface area contributed by atoms with Crippen molar-refractivity contribution in [3.05, 3.63) is 21.0 Å². The molecule has 1 heterocycles. The van der Waals surface area contributed by atoms with Crippen LogP contribution in [-0.4, -0.2) is 28.6 Å². The van der Waals surface area contributed by atoms with E-state index in [1.807, 2.05) is 0 Å². The molecule has 0 amide bonds. The fourth-order valence-corrected chi connectivity index (χ4v) is 2.29. The Hall–Kier alpha value is -1.59. The maximum atomic E-state index is 11.9. The molecule has 0 atom stereocenters. The quantitative estimate of drug-likeness (QED) is 0.817. The van der Waals surface area contributed by atoms with E-state index >= 15 is 0 Å². The first-order valence-corrected chi connectivity index (χ1v) is 6.00. The van der Waals surface area contributed by atoms with Gasteiger partial charge in [0.05, 0.1) is 0 Å². The summed E-state index contributed by atoms with van der Waals surface area (Å²) in [5.74, 6) is 0.312. The molecule has 0 unspecified atom stereocenters. The second kappa shape index (κ2) is 4.73. The van der Waals surface area contributed by atoms with Crippen molar-refractivity contribution >= 4 is 5.95 Å². The highest BCUT2D eigenvalue weighted by molar-refractivity contribution is 5.23. The molecule has 1 N–H and O–H groups in total. The fourth-order valence-electron chi connectivity index (χ4n) is 2.29. The van der Waals surface area contributed by atoms with Gasteiger partial charge in [0.1, 0.15) is 0 Å². The zero-order valence-corrected chi connectivity index (χ0v) is 10.3. The summed E-state index contributed by atoms with van der Waals surface area (Å²) in [6, 6.07) is 0.0173. The van der Waals surface area contributed by atoms with Crippen LogP contribution in [0.1, 0.15) is 38.1 Å². The number of aromatic nitrogens is 3. The van der Waals surface area contributed by atoms with Gasteiger partial charge in [-0.1, -0.05) is 19.3 Å². The Morgan fingerprint density at radius 2 is 1.94 bits per heavy atom. The Morgan fingerprint density at radius 1 is 1.29 bits per heavy atom. The standard InChI is InChI=1S/C11H18N4O2/c1-14(2)9-12-10(16)15(11(17)13-9)8-6-4-3-5-7-8/h8H,3-7H2,1-2H3,(H,12,13,16,17)/i9+2. The highest BCUT2D eigenvalue weighted by atomic mass is 16.2. The van der Waals surface area contributed by atoms with Gasteiger partial charge in [-0.3, -0.25) is 4.98 Å². The van der Waals surface area contributed by atoms with Gasteiger partial charge in [0.15, 0.2) is 0 Å². The highest BCUT2D eigenvalue weighted by Gasteiger charge is 2.19. The summed E-state index contributed by atoms with van der Waals surface area (Å²) in [4.78, 5) is 31.9. The van der Waals surface area contributed by atoms with Crippen molar-refractivity contribution < 1.29 is 0 Å².